The molecule has 0 aliphatic heterocycles. The van der Waals surface area contributed by atoms with Gasteiger partial charge in [-0.1, -0.05) is 36.4 Å². The molecular weight excluding hydrogens is 320 g/mol. The lowest BCUT2D eigenvalue weighted by atomic mass is 10.3. The SMILES string of the molecule is NCCOCCOCCN.c1ccc(NONc2ccccc2)cc1. The summed E-state index contributed by atoms with van der Waals surface area (Å²) in [7, 11) is 0. The van der Waals surface area contributed by atoms with Crippen molar-refractivity contribution >= 4 is 11.4 Å². The molecule has 2 rings (SSSR count). The van der Waals surface area contributed by atoms with Gasteiger partial charge in [-0.2, -0.15) is 4.94 Å². The molecular formula is C18H28N4O3. The van der Waals surface area contributed by atoms with E-state index >= 15 is 0 Å². The first-order chi connectivity index (χ1) is 12.4. The van der Waals surface area contributed by atoms with Gasteiger partial charge in [-0.3, -0.25) is 0 Å². The quantitative estimate of drug-likeness (QED) is 0.364. The fourth-order valence-electron chi connectivity index (χ4n) is 1.64. The lowest BCUT2D eigenvalue weighted by Gasteiger charge is -2.07. The highest BCUT2D eigenvalue weighted by Crippen LogP contribution is 2.07. The van der Waals surface area contributed by atoms with Gasteiger partial charge in [-0.05, 0) is 24.3 Å². The lowest BCUT2D eigenvalue weighted by molar-refractivity contribution is 0.0538. The van der Waals surface area contributed by atoms with Crippen molar-refractivity contribution in [2.75, 3.05) is 50.5 Å². The van der Waals surface area contributed by atoms with Gasteiger partial charge in [0.05, 0.1) is 37.8 Å². The number of benzene rings is 2. The molecule has 25 heavy (non-hydrogen) atoms. The van der Waals surface area contributed by atoms with Gasteiger partial charge < -0.3 is 20.9 Å². The van der Waals surface area contributed by atoms with Gasteiger partial charge in [0.1, 0.15) is 0 Å². The second kappa shape index (κ2) is 15.4. The van der Waals surface area contributed by atoms with E-state index in [4.69, 9.17) is 25.9 Å². The van der Waals surface area contributed by atoms with Crippen LogP contribution >= 0.6 is 0 Å². The van der Waals surface area contributed by atoms with E-state index in [1.807, 2.05) is 60.7 Å². The molecule has 138 valence electrons. The Labute approximate surface area is 149 Å². The molecule has 0 heterocycles. The van der Waals surface area contributed by atoms with Crippen LogP contribution in [-0.2, 0) is 14.4 Å². The van der Waals surface area contributed by atoms with Crippen LogP contribution < -0.4 is 22.4 Å². The van der Waals surface area contributed by atoms with E-state index in [2.05, 4.69) is 11.0 Å². The lowest BCUT2D eigenvalue weighted by Crippen LogP contribution is -2.14. The first-order valence-electron chi connectivity index (χ1n) is 8.20. The summed E-state index contributed by atoms with van der Waals surface area (Å²) in [6.45, 7) is 3.56. The highest BCUT2D eigenvalue weighted by Gasteiger charge is 1.90. The summed E-state index contributed by atoms with van der Waals surface area (Å²) in [6, 6.07) is 19.4. The molecule has 0 atom stereocenters. The predicted molar refractivity (Wildman–Crippen MR) is 101 cm³/mol. The highest BCUT2D eigenvalue weighted by atomic mass is 16.8. The number of anilines is 2. The van der Waals surface area contributed by atoms with Crippen molar-refractivity contribution < 1.29 is 14.4 Å². The van der Waals surface area contributed by atoms with Gasteiger partial charge in [0.2, 0.25) is 0 Å². The molecule has 6 N–H and O–H groups in total. The molecule has 2 aromatic carbocycles. The molecule has 0 unspecified atom stereocenters. The normalized spacial score (nSPS) is 9.84. The zero-order valence-electron chi connectivity index (χ0n) is 14.4. The minimum absolute atomic E-state index is 0.566. The van der Waals surface area contributed by atoms with E-state index in [9.17, 15) is 0 Å². The van der Waals surface area contributed by atoms with Crippen molar-refractivity contribution in [3.8, 4) is 0 Å². The topological polar surface area (TPSA) is 104 Å². The minimum atomic E-state index is 0.566. The number of nitrogens with two attached hydrogens (primary N) is 2. The summed E-state index contributed by atoms with van der Waals surface area (Å²) in [4.78, 5) is 5.11. The van der Waals surface area contributed by atoms with E-state index < -0.39 is 0 Å². The largest absolute Gasteiger partial charge is 0.378 e. The maximum Gasteiger partial charge on any atom is 0.0701 e. The predicted octanol–water partition coefficient (Wildman–Crippen LogP) is 1.99. The number of rotatable bonds is 11. The minimum Gasteiger partial charge on any atom is -0.378 e. The van der Waals surface area contributed by atoms with Crippen molar-refractivity contribution in [1.29, 1.82) is 0 Å². The number of nitrogens with one attached hydrogen (secondary N) is 2. The molecule has 0 radical (unpaired) electrons. The Bertz CT molecular complexity index is 467. The van der Waals surface area contributed by atoms with Gasteiger partial charge >= 0.3 is 0 Å². The summed E-state index contributed by atoms with van der Waals surface area (Å²) in [5.41, 5.74) is 17.7. The summed E-state index contributed by atoms with van der Waals surface area (Å²) in [5, 5.41) is 0. The van der Waals surface area contributed by atoms with Crippen LogP contribution in [0.1, 0.15) is 0 Å². The van der Waals surface area contributed by atoms with Crippen LogP contribution in [0.5, 0.6) is 0 Å². The van der Waals surface area contributed by atoms with Crippen LogP contribution in [-0.4, -0.2) is 39.5 Å². The Balaban J connectivity index is 0.000000275. The molecule has 2 aromatic rings. The molecule has 0 aliphatic rings. The monoisotopic (exact) mass is 348 g/mol. The standard InChI is InChI=1S/C12H12N2O.C6H16N2O2/c1-3-7-11(8-4-1)13-15-14-12-9-5-2-6-10-12;7-1-3-9-5-6-10-4-2-8/h1-10,13-14H;1-8H2. The van der Waals surface area contributed by atoms with E-state index in [1.165, 1.54) is 0 Å². The van der Waals surface area contributed by atoms with Crippen molar-refractivity contribution in [2.45, 2.75) is 0 Å². The number of para-hydroxylation sites is 2. The van der Waals surface area contributed by atoms with Gasteiger partial charge in [-0.25, -0.2) is 11.0 Å². The summed E-state index contributed by atoms with van der Waals surface area (Å²) >= 11 is 0. The number of hydrogen-bond acceptors (Lipinski definition) is 7. The van der Waals surface area contributed by atoms with Gasteiger partial charge in [0, 0.05) is 13.1 Å². The Morgan fingerprint density at radius 3 is 1.36 bits per heavy atom. The van der Waals surface area contributed by atoms with E-state index in [0.717, 1.165) is 11.4 Å². The van der Waals surface area contributed by atoms with Crippen LogP contribution in [0.25, 0.3) is 0 Å². The molecule has 0 aliphatic carbocycles. The first-order valence-corrected chi connectivity index (χ1v) is 8.20. The van der Waals surface area contributed by atoms with Gasteiger partial charge in [-0.15, -0.1) is 0 Å². The van der Waals surface area contributed by atoms with Crippen LogP contribution in [0, 0.1) is 0 Å². The highest BCUT2D eigenvalue weighted by molar-refractivity contribution is 5.42. The van der Waals surface area contributed by atoms with Crippen LogP contribution in [0.15, 0.2) is 60.7 Å². The molecule has 7 nitrogen and oxygen atoms in total. The molecule has 0 spiro atoms. The summed E-state index contributed by atoms with van der Waals surface area (Å²) < 4.78 is 10.1. The van der Waals surface area contributed by atoms with Crippen molar-refractivity contribution in [3.63, 3.8) is 0 Å². The second-order valence-electron chi connectivity index (χ2n) is 4.84. The fourth-order valence-corrected chi connectivity index (χ4v) is 1.64. The van der Waals surface area contributed by atoms with Crippen molar-refractivity contribution in [1.82, 2.24) is 0 Å². The summed E-state index contributed by atoms with van der Waals surface area (Å²) in [5.74, 6) is 0. The van der Waals surface area contributed by atoms with Crippen molar-refractivity contribution in [3.05, 3.63) is 60.7 Å². The van der Waals surface area contributed by atoms with E-state index in [-0.39, 0.29) is 0 Å². The van der Waals surface area contributed by atoms with Crippen molar-refractivity contribution in [2.24, 2.45) is 11.5 Å². The van der Waals surface area contributed by atoms with E-state index in [1.54, 1.807) is 0 Å². The maximum absolute atomic E-state index is 5.18. The zero-order valence-corrected chi connectivity index (χ0v) is 14.4. The number of ether oxygens (including phenoxy) is 2. The smallest absolute Gasteiger partial charge is 0.0701 e. The fraction of sp³-hybridized carbons (Fsp3) is 0.333. The average Bonchev–Trinajstić information content (AvgIpc) is 2.67. The Morgan fingerprint density at radius 2 is 1.00 bits per heavy atom. The third-order valence-corrected chi connectivity index (χ3v) is 2.78. The van der Waals surface area contributed by atoms with Gasteiger partial charge in [0.15, 0.2) is 0 Å². The average molecular weight is 348 g/mol. The third-order valence-electron chi connectivity index (χ3n) is 2.78. The second-order valence-corrected chi connectivity index (χ2v) is 4.84. The molecule has 0 bridgehead atoms. The molecule has 0 aromatic heterocycles. The molecule has 0 saturated carbocycles. The van der Waals surface area contributed by atoms with E-state index in [0.29, 0.717) is 39.5 Å². The van der Waals surface area contributed by atoms with Crippen LogP contribution in [0.4, 0.5) is 11.4 Å². The molecule has 0 amide bonds. The molecule has 0 fully saturated rings. The Hall–Kier alpha value is -2.16. The van der Waals surface area contributed by atoms with Crippen LogP contribution in [0.3, 0.4) is 0 Å². The Morgan fingerprint density at radius 1 is 0.600 bits per heavy atom. The first kappa shape index (κ1) is 20.9. The van der Waals surface area contributed by atoms with Gasteiger partial charge in [0.25, 0.3) is 0 Å². The Kier molecular flexibility index (Phi) is 12.8. The number of hydrogen-bond donors (Lipinski definition) is 4. The third kappa shape index (κ3) is 11.9. The molecule has 7 heteroatoms. The molecule has 0 saturated heterocycles. The summed E-state index contributed by atoms with van der Waals surface area (Å²) in [6.07, 6.45) is 0. The van der Waals surface area contributed by atoms with Crippen LogP contribution in [0.2, 0.25) is 0 Å². The zero-order chi connectivity index (χ0) is 18.0. The maximum atomic E-state index is 5.18.